The minimum absolute atomic E-state index is 0.377. The molecule has 1 unspecified atom stereocenters. The fourth-order valence-corrected chi connectivity index (χ4v) is 1.75. The van der Waals surface area contributed by atoms with Gasteiger partial charge in [0, 0.05) is 3.57 Å². The summed E-state index contributed by atoms with van der Waals surface area (Å²) in [5.74, 6) is 0. The summed E-state index contributed by atoms with van der Waals surface area (Å²) >= 11 is 2.20. The Hall–Kier alpha value is -0.230. The SMILES string of the molecule is CCNC(Cc1ccc(I)cc1)C(F)F. The molecule has 0 aliphatic heterocycles. The molecule has 84 valence electrons. The van der Waals surface area contributed by atoms with Crippen LogP contribution in [0.4, 0.5) is 8.78 Å². The van der Waals surface area contributed by atoms with E-state index in [2.05, 4.69) is 27.9 Å². The van der Waals surface area contributed by atoms with Crippen molar-refractivity contribution in [1.29, 1.82) is 0 Å². The molecule has 1 N–H and O–H groups in total. The summed E-state index contributed by atoms with van der Waals surface area (Å²) in [6.45, 7) is 2.41. The highest BCUT2D eigenvalue weighted by molar-refractivity contribution is 14.1. The molecule has 0 aromatic heterocycles. The Balaban J connectivity index is 2.61. The molecule has 0 amide bonds. The van der Waals surface area contributed by atoms with Gasteiger partial charge in [0.1, 0.15) is 0 Å². The zero-order chi connectivity index (χ0) is 11.3. The summed E-state index contributed by atoms with van der Waals surface area (Å²) in [5, 5.41) is 2.79. The van der Waals surface area contributed by atoms with Crippen LogP contribution in [0.1, 0.15) is 12.5 Å². The predicted octanol–water partition coefficient (Wildman–Crippen LogP) is 3.08. The van der Waals surface area contributed by atoms with Crippen molar-refractivity contribution in [2.24, 2.45) is 0 Å². The zero-order valence-electron chi connectivity index (χ0n) is 8.51. The number of hydrogen-bond acceptors (Lipinski definition) is 1. The molecule has 0 aliphatic carbocycles. The maximum atomic E-state index is 12.6. The van der Waals surface area contributed by atoms with Gasteiger partial charge in [-0.1, -0.05) is 19.1 Å². The van der Waals surface area contributed by atoms with Crippen molar-refractivity contribution in [1.82, 2.24) is 5.32 Å². The first kappa shape index (κ1) is 12.8. The summed E-state index contributed by atoms with van der Waals surface area (Å²) in [6.07, 6.45) is -1.94. The lowest BCUT2D eigenvalue weighted by Gasteiger charge is -2.16. The summed E-state index contributed by atoms with van der Waals surface area (Å²) in [7, 11) is 0. The van der Waals surface area contributed by atoms with Crippen molar-refractivity contribution >= 4 is 22.6 Å². The molecule has 1 nitrogen and oxygen atoms in total. The van der Waals surface area contributed by atoms with Gasteiger partial charge in [-0.25, -0.2) is 8.78 Å². The molecule has 0 fully saturated rings. The minimum Gasteiger partial charge on any atom is -0.309 e. The Bertz CT molecular complexity index is 287. The lowest BCUT2D eigenvalue weighted by Crippen LogP contribution is -2.37. The maximum absolute atomic E-state index is 12.6. The largest absolute Gasteiger partial charge is 0.309 e. The highest BCUT2D eigenvalue weighted by Gasteiger charge is 2.18. The van der Waals surface area contributed by atoms with E-state index >= 15 is 0 Å². The second-order valence-electron chi connectivity index (χ2n) is 3.33. The third-order valence-corrected chi connectivity index (χ3v) is 2.86. The summed E-state index contributed by atoms with van der Waals surface area (Å²) in [4.78, 5) is 0. The molecular weight excluding hydrogens is 311 g/mol. The Morgan fingerprint density at radius 3 is 2.33 bits per heavy atom. The number of benzene rings is 1. The smallest absolute Gasteiger partial charge is 0.254 e. The average Bonchev–Trinajstić information content (AvgIpc) is 2.20. The van der Waals surface area contributed by atoms with Gasteiger partial charge < -0.3 is 5.32 Å². The third-order valence-electron chi connectivity index (χ3n) is 2.14. The van der Waals surface area contributed by atoms with Crippen LogP contribution in [-0.2, 0) is 6.42 Å². The van der Waals surface area contributed by atoms with Crippen molar-refractivity contribution < 1.29 is 8.78 Å². The first-order valence-corrected chi connectivity index (χ1v) is 5.97. The van der Waals surface area contributed by atoms with Gasteiger partial charge in [0.05, 0.1) is 6.04 Å². The van der Waals surface area contributed by atoms with Crippen LogP contribution >= 0.6 is 22.6 Å². The van der Waals surface area contributed by atoms with E-state index in [4.69, 9.17) is 0 Å². The van der Waals surface area contributed by atoms with E-state index in [0.29, 0.717) is 13.0 Å². The van der Waals surface area contributed by atoms with Crippen LogP contribution in [0, 0.1) is 3.57 Å². The molecule has 0 aliphatic rings. The number of alkyl halides is 2. The van der Waals surface area contributed by atoms with E-state index in [1.54, 1.807) is 0 Å². The van der Waals surface area contributed by atoms with Gasteiger partial charge in [-0.2, -0.15) is 0 Å². The molecule has 1 atom stereocenters. The molecule has 15 heavy (non-hydrogen) atoms. The Labute approximate surface area is 102 Å². The molecule has 1 aromatic carbocycles. The molecule has 0 bridgehead atoms. The fourth-order valence-electron chi connectivity index (χ4n) is 1.39. The number of rotatable bonds is 5. The van der Waals surface area contributed by atoms with E-state index in [9.17, 15) is 8.78 Å². The van der Waals surface area contributed by atoms with E-state index in [-0.39, 0.29) is 0 Å². The van der Waals surface area contributed by atoms with Gasteiger partial charge >= 0.3 is 0 Å². The molecule has 0 saturated heterocycles. The van der Waals surface area contributed by atoms with Gasteiger partial charge in [0.15, 0.2) is 0 Å². The standard InChI is InChI=1S/C11H14F2IN/c1-2-15-10(11(12)13)7-8-3-5-9(14)6-4-8/h3-6,10-11,15H,2,7H2,1H3. The second kappa shape index (κ2) is 6.37. The number of nitrogens with one attached hydrogen (secondary N) is 1. The van der Waals surface area contributed by atoms with Crippen LogP contribution in [0.5, 0.6) is 0 Å². The van der Waals surface area contributed by atoms with Gasteiger partial charge in [0.25, 0.3) is 6.43 Å². The Kier molecular flexibility index (Phi) is 5.45. The van der Waals surface area contributed by atoms with Crippen molar-refractivity contribution in [3.05, 3.63) is 33.4 Å². The van der Waals surface area contributed by atoms with Crippen LogP contribution in [0.2, 0.25) is 0 Å². The van der Waals surface area contributed by atoms with Crippen LogP contribution in [-0.4, -0.2) is 19.0 Å². The van der Waals surface area contributed by atoms with Crippen LogP contribution in [0.3, 0.4) is 0 Å². The number of likely N-dealkylation sites (N-methyl/N-ethyl adjacent to an activating group) is 1. The van der Waals surface area contributed by atoms with E-state index in [1.807, 2.05) is 31.2 Å². The average molecular weight is 325 g/mol. The van der Waals surface area contributed by atoms with Crippen LogP contribution < -0.4 is 5.32 Å². The van der Waals surface area contributed by atoms with Gasteiger partial charge in [-0.15, -0.1) is 0 Å². The Morgan fingerprint density at radius 2 is 1.87 bits per heavy atom. The lowest BCUT2D eigenvalue weighted by atomic mass is 10.1. The van der Waals surface area contributed by atoms with Crippen molar-refractivity contribution in [2.75, 3.05) is 6.54 Å². The summed E-state index contributed by atoms with van der Waals surface area (Å²) < 4.78 is 26.3. The highest BCUT2D eigenvalue weighted by Crippen LogP contribution is 2.12. The summed E-state index contributed by atoms with van der Waals surface area (Å²) in [6, 6.07) is 6.92. The number of hydrogen-bond donors (Lipinski definition) is 1. The van der Waals surface area contributed by atoms with E-state index < -0.39 is 12.5 Å². The van der Waals surface area contributed by atoms with Crippen LogP contribution in [0.25, 0.3) is 0 Å². The van der Waals surface area contributed by atoms with Gasteiger partial charge in [0.2, 0.25) is 0 Å². The minimum atomic E-state index is -2.32. The molecule has 1 aromatic rings. The van der Waals surface area contributed by atoms with Crippen molar-refractivity contribution in [2.45, 2.75) is 25.8 Å². The first-order valence-electron chi connectivity index (χ1n) is 4.89. The molecule has 0 spiro atoms. The molecule has 1 rings (SSSR count). The quantitative estimate of drug-likeness (QED) is 0.821. The Morgan fingerprint density at radius 1 is 1.27 bits per heavy atom. The topological polar surface area (TPSA) is 12.0 Å². The number of halogens is 3. The molecule has 0 saturated carbocycles. The lowest BCUT2D eigenvalue weighted by molar-refractivity contribution is 0.0991. The first-order chi connectivity index (χ1) is 7.13. The van der Waals surface area contributed by atoms with Crippen molar-refractivity contribution in [3.8, 4) is 0 Å². The molecule has 0 heterocycles. The monoisotopic (exact) mass is 325 g/mol. The molecule has 0 radical (unpaired) electrons. The van der Waals surface area contributed by atoms with E-state index in [1.165, 1.54) is 0 Å². The molecular formula is C11H14F2IN. The van der Waals surface area contributed by atoms with Gasteiger partial charge in [-0.3, -0.25) is 0 Å². The van der Waals surface area contributed by atoms with Crippen LogP contribution in [0.15, 0.2) is 24.3 Å². The maximum Gasteiger partial charge on any atom is 0.254 e. The normalized spacial score (nSPS) is 13.1. The van der Waals surface area contributed by atoms with Gasteiger partial charge in [-0.05, 0) is 53.3 Å². The highest BCUT2D eigenvalue weighted by atomic mass is 127. The predicted molar refractivity (Wildman–Crippen MR) is 66.3 cm³/mol. The molecule has 4 heteroatoms. The van der Waals surface area contributed by atoms with Crippen molar-refractivity contribution in [3.63, 3.8) is 0 Å². The third kappa shape index (κ3) is 4.42. The second-order valence-corrected chi connectivity index (χ2v) is 4.57. The zero-order valence-corrected chi connectivity index (χ0v) is 10.7. The fraction of sp³-hybridized carbons (Fsp3) is 0.455. The van der Waals surface area contributed by atoms with E-state index in [0.717, 1.165) is 9.13 Å². The summed E-state index contributed by atoms with van der Waals surface area (Å²) in [5.41, 5.74) is 0.946.